The molecule has 0 aromatic carbocycles. The van der Waals surface area contributed by atoms with Crippen molar-refractivity contribution >= 4 is 6.09 Å². The van der Waals surface area contributed by atoms with Crippen LogP contribution in [0.3, 0.4) is 0 Å². The molecule has 4 nitrogen and oxygen atoms in total. The second-order valence-corrected chi connectivity index (χ2v) is 2.47. The van der Waals surface area contributed by atoms with Gasteiger partial charge in [0.05, 0.1) is 13.2 Å². The van der Waals surface area contributed by atoms with Gasteiger partial charge in [0, 0.05) is 13.1 Å². The Hall–Kier alpha value is -1.03. The monoisotopic (exact) mass is 171 g/mol. The number of ether oxygens (including phenoxy) is 2. The number of hydrogen-bond acceptors (Lipinski definition) is 3. The van der Waals surface area contributed by atoms with E-state index < -0.39 is 0 Å². The fraction of sp³-hybridized carbons (Fsp3) is 0.625. The normalized spacial score (nSPS) is 17.2. The predicted octanol–water partition coefficient (Wildman–Crippen LogP) is 0.641. The van der Waals surface area contributed by atoms with Crippen LogP contribution in [0.1, 0.15) is 0 Å². The number of carbonyl (C=O) groups is 1. The summed E-state index contributed by atoms with van der Waals surface area (Å²) in [5.74, 6) is 0. The Morgan fingerprint density at radius 1 is 1.58 bits per heavy atom. The van der Waals surface area contributed by atoms with Gasteiger partial charge in [0.1, 0.15) is 6.61 Å². The third-order valence-corrected chi connectivity index (χ3v) is 1.59. The van der Waals surface area contributed by atoms with Crippen molar-refractivity contribution in [3.05, 3.63) is 12.7 Å². The molecular weight excluding hydrogens is 158 g/mol. The molecule has 1 aliphatic heterocycles. The zero-order valence-corrected chi connectivity index (χ0v) is 6.99. The highest BCUT2D eigenvalue weighted by Crippen LogP contribution is 1.99. The molecule has 0 aromatic heterocycles. The highest BCUT2D eigenvalue weighted by Gasteiger charge is 2.16. The molecule has 0 radical (unpaired) electrons. The van der Waals surface area contributed by atoms with E-state index in [1.165, 1.54) is 0 Å². The van der Waals surface area contributed by atoms with Crippen LogP contribution in [0.25, 0.3) is 0 Å². The van der Waals surface area contributed by atoms with E-state index in [1.54, 1.807) is 11.0 Å². The lowest BCUT2D eigenvalue weighted by molar-refractivity contribution is 0.0301. The summed E-state index contributed by atoms with van der Waals surface area (Å²) in [5, 5.41) is 0. The van der Waals surface area contributed by atoms with E-state index in [0.29, 0.717) is 26.3 Å². The second-order valence-electron chi connectivity index (χ2n) is 2.47. The average molecular weight is 171 g/mol. The molecule has 0 saturated carbocycles. The highest BCUT2D eigenvalue weighted by molar-refractivity contribution is 5.67. The van der Waals surface area contributed by atoms with Gasteiger partial charge in [0.25, 0.3) is 0 Å². The maximum Gasteiger partial charge on any atom is 0.410 e. The molecule has 0 spiro atoms. The first kappa shape index (κ1) is 9.06. The molecule has 1 amide bonds. The molecule has 1 rings (SSSR count). The van der Waals surface area contributed by atoms with Crippen molar-refractivity contribution < 1.29 is 14.3 Å². The van der Waals surface area contributed by atoms with Crippen LogP contribution in [0.4, 0.5) is 4.79 Å². The van der Waals surface area contributed by atoms with Gasteiger partial charge in [-0.1, -0.05) is 12.7 Å². The Bertz CT molecular complexity index is 164. The molecule has 1 aliphatic rings. The van der Waals surface area contributed by atoms with Gasteiger partial charge in [-0.15, -0.1) is 0 Å². The first-order valence-electron chi connectivity index (χ1n) is 3.95. The quantitative estimate of drug-likeness (QED) is 0.572. The van der Waals surface area contributed by atoms with Crippen molar-refractivity contribution in [1.82, 2.24) is 4.90 Å². The van der Waals surface area contributed by atoms with Gasteiger partial charge in [0.15, 0.2) is 0 Å². The molecule has 1 fully saturated rings. The van der Waals surface area contributed by atoms with Crippen molar-refractivity contribution in [3.63, 3.8) is 0 Å². The Morgan fingerprint density at radius 2 is 2.25 bits per heavy atom. The molecule has 0 atom stereocenters. The van der Waals surface area contributed by atoms with Crippen LogP contribution < -0.4 is 0 Å². The molecule has 1 saturated heterocycles. The Morgan fingerprint density at radius 3 is 2.83 bits per heavy atom. The van der Waals surface area contributed by atoms with Crippen molar-refractivity contribution in [2.45, 2.75) is 0 Å². The third-order valence-electron chi connectivity index (χ3n) is 1.59. The Labute approximate surface area is 71.7 Å². The van der Waals surface area contributed by atoms with Crippen LogP contribution >= 0.6 is 0 Å². The topological polar surface area (TPSA) is 38.8 Å². The van der Waals surface area contributed by atoms with Gasteiger partial charge in [-0.2, -0.15) is 0 Å². The van der Waals surface area contributed by atoms with Crippen LogP contribution in [0.15, 0.2) is 12.7 Å². The number of carbonyl (C=O) groups excluding carboxylic acids is 1. The molecule has 0 aromatic rings. The Kier molecular flexibility index (Phi) is 3.60. The minimum atomic E-state index is -0.279. The van der Waals surface area contributed by atoms with Crippen molar-refractivity contribution in [2.24, 2.45) is 0 Å². The smallest absolute Gasteiger partial charge is 0.410 e. The lowest BCUT2D eigenvalue weighted by Gasteiger charge is -2.25. The first-order chi connectivity index (χ1) is 5.84. The number of hydrogen-bond donors (Lipinski definition) is 0. The van der Waals surface area contributed by atoms with Crippen LogP contribution in [-0.2, 0) is 9.47 Å². The first-order valence-corrected chi connectivity index (χ1v) is 3.95. The summed E-state index contributed by atoms with van der Waals surface area (Å²) in [6, 6.07) is 0. The van der Waals surface area contributed by atoms with Gasteiger partial charge >= 0.3 is 6.09 Å². The minimum Gasteiger partial charge on any atom is -0.445 e. The molecule has 0 N–H and O–H groups in total. The molecular formula is C8H13NO3. The van der Waals surface area contributed by atoms with E-state index in [9.17, 15) is 4.79 Å². The zero-order chi connectivity index (χ0) is 8.81. The largest absolute Gasteiger partial charge is 0.445 e. The summed E-state index contributed by atoms with van der Waals surface area (Å²) in [4.78, 5) is 12.8. The van der Waals surface area contributed by atoms with Gasteiger partial charge in [-0.3, -0.25) is 0 Å². The second kappa shape index (κ2) is 4.77. The van der Waals surface area contributed by atoms with Crippen molar-refractivity contribution in [2.75, 3.05) is 32.9 Å². The van der Waals surface area contributed by atoms with Gasteiger partial charge < -0.3 is 14.4 Å². The summed E-state index contributed by atoms with van der Waals surface area (Å²) in [7, 11) is 0. The molecule has 4 heteroatoms. The lowest BCUT2D eigenvalue weighted by atomic mass is 10.5. The lowest BCUT2D eigenvalue weighted by Crippen LogP contribution is -2.41. The molecule has 1 heterocycles. The van der Waals surface area contributed by atoms with Gasteiger partial charge in [0.2, 0.25) is 0 Å². The minimum absolute atomic E-state index is 0.274. The molecule has 12 heavy (non-hydrogen) atoms. The SMILES string of the molecule is C=CCOC(=O)N1CCOCC1. The fourth-order valence-electron chi connectivity index (χ4n) is 0.967. The molecule has 0 unspecified atom stereocenters. The van der Waals surface area contributed by atoms with E-state index in [1.807, 2.05) is 0 Å². The summed E-state index contributed by atoms with van der Waals surface area (Å²) >= 11 is 0. The summed E-state index contributed by atoms with van der Waals surface area (Å²) in [6.45, 7) is 6.17. The highest BCUT2D eigenvalue weighted by atomic mass is 16.6. The van der Waals surface area contributed by atoms with Gasteiger partial charge in [-0.25, -0.2) is 4.79 Å². The predicted molar refractivity (Wildman–Crippen MR) is 43.9 cm³/mol. The number of amides is 1. The maximum atomic E-state index is 11.2. The number of nitrogens with zero attached hydrogens (tertiary/aromatic N) is 1. The van der Waals surface area contributed by atoms with E-state index in [-0.39, 0.29) is 12.7 Å². The Balaban J connectivity index is 2.24. The fourth-order valence-corrected chi connectivity index (χ4v) is 0.967. The van der Waals surface area contributed by atoms with E-state index >= 15 is 0 Å². The van der Waals surface area contributed by atoms with E-state index in [2.05, 4.69) is 6.58 Å². The summed E-state index contributed by atoms with van der Waals surface area (Å²) in [6.07, 6.45) is 1.27. The summed E-state index contributed by atoms with van der Waals surface area (Å²) in [5.41, 5.74) is 0. The van der Waals surface area contributed by atoms with Crippen LogP contribution in [-0.4, -0.2) is 43.9 Å². The standard InChI is InChI=1S/C8H13NO3/c1-2-5-12-8(10)9-3-6-11-7-4-9/h2H,1,3-7H2. The third kappa shape index (κ3) is 2.54. The van der Waals surface area contributed by atoms with Crippen LogP contribution in [0.2, 0.25) is 0 Å². The van der Waals surface area contributed by atoms with Crippen molar-refractivity contribution in [1.29, 1.82) is 0 Å². The van der Waals surface area contributed by atoms with E-state index in [0.717, 1.165) is 0 Å². The zero-order valence-electron chi connectivity index (χ0n) is 6.99. The molecule has 0 bridgehead atoms. The maximum absolute atomic E-state index is 11.2. The molecule has 68 valence electrons. The molecule has 0 aliphatic carbocycles. The summed E-state index contributed by atoms with van der Waals surface area (Å²) < 4.78 is 9.93. The van der Waals surface area contributed by atoms with Gasteiger partial charge in [-0.05, 0) is 0 Å². The number of morpholine rings is 1. The van der Waals surface area contributed by atoms with Crippen LogP contribution in [0, 0.1) is 0 Å². The average Bonchev–Trinajstić information content (AvgIpc) is 2.15. The van der Waals surface area contributed by atoms with Crippen LogP contribution in [0.5, 0.6) is 0 Å². The van der Waals surface area contributed by atoms with Crippen molar-refractivity contribution in [3.8, 4) is 0 Å². The van der Waals surface area contributed by atoms with E-state index in [4.69, 9.17) is 9.47 Å². The number of rotatable bonds is 2.